The molecule has 0 aliphatic heterocycles. The molecule has 0 fully saturated rings. The number of benzene rings is 1. The van der Waals surface area contributed by atoms with Crippen LogP contribution in [0.3, 0.4) is 0 Å². The first kappa shape index (κ1) is 13.3. The van der Waals surface area contributed by atoms with E-state index in [0.717, 1.165) is 0 Å². The summed E-state index contributed by atoms with van der Waals surface area (Å²) in [6.07, 6.45) is 1.62. The Bertz CT molecular complexity index is 606. The lowest BCUT2D eigenvalue weighted by molar-refractivity contribution is 0.596. The van der Waals surface area contributed by atoms with E-state index in [-0.39, 0.29) is 12.1 Å². The third-order valence-corrected chi connectivity index (χ3v) is 3.59. The molecule has 0 spiro atoms. The Morgan fingerprint density at radius 2 is 2.06 bits per heavy atom. The van der Waals surface area contributed by atoms with E-state index in [1.807, 2.05) is 0 Å². The summed E-state index contributed by atoms with van der Waals surface area (Å²) in [6, 6.07) is 7.97. The van der Waals surface area contributed by atoms with Crippen LogP contribution in [-0.2, 0) is 11.9 Å². The number of hydrogen-bond acceptors (Lipinski definition) is 1. The van der Waals surface area contributed by atoms with Gasteiger partial charge >= 0.3 is 0 Å². The van der Waals surface area contributed by atoms with E-state index < -0.39 is 5.82 Å². The van der Waals surface area contributed by atoms with Crippen molar-refractivity contribution < 1.29 is 4.39 Å². The van der Waals surface area contributed by atoms with Crippen LogP contribution in [-0.4, -0.2) is 4.57 Å². The Balaban J connectivity index is 2.44. The molecular weight excluding hydrogens is 321 g/mol. The summed E-state index contributed by atoms with van der Waals surface area (Å²) in [5.74, 6) is -0.404. The van der Waals surface area contributed by atoms with E-state index in [0.29, 0.717) is 21.5 Å². The van der Waals surface area contributed by atoms with Crippen LogP contribution in [0.4, 0.5) is 4.39 Å². The lowest BCUT2D eigenvalue weighted by Gasteiger charge is -2.09. The summed E-state index contributed by atoms with van der Waals surface area (Å²) in [4.78, 5) is 12.0. The van der Waals surface area contributed by atoms with Crippen LogP contribution in [0.2, 0.25) is 5.02 Å². The summed E-state index contributed by atoms with van der Waals surface area (Å²) in [6.45, 7) is 0.130. The smallest absolute Gasteiger partial charge is 0.254 e. The van der Waals surface area contributed by atoms with Gasteiger partial charge in [0.15, 0.2) is 0 Å². The summed E-state index contributed by atoms with van der Waals surface area (Å²) in [5, 5.41) is 0.795. The van der Waals surface area contributed by atoms with Crippen molar-refractivity contribution in [3.63, 3.8) is 0 Å². The average Bonchev–Trinajstić information content (AvgIpc) is 2.36. The molecular formula is C13H10BrClFNO. The highest BCUT2D eigenvalue weighted by Gasteiger charge is 2.09. The molecule has 18 heavy (non-hydrogen) atoms. The number of rotatable bonds is 3. The highest BCUT2D eigenvalue weighted by Crippen LogP contribution is 2.19. The molecule has 1 heterocycles. The maximum absolute atomic E-state index is 13.6. The van der Waals surface area contributed by atoms with Crippen LogP contribution in [0.25, 0.3) is 0 Å². The maximum atomic E-state index is 13.6. The van der Waals surface area contributed by atoms with Gasteiger partial charge in [-0.2, -0.15) is 0 Å². The standard InChI is InChI=1S/C13H10BrClFNO/c14-7-9-3-2-6-17(13(9)18)8-10-11(15)4-1-5-12(10)16/h1-6H,7-8H2. The second-order valence-corrected chi connectivity index (χ2v) is 4.77. The molecule has 0 N–H and O–H groups in total. The number of nitrogens with zero attached hydrogens (tertiary/aromatic N) is 1. The zero-order valence-electron chi connectivity index (χ0n) is 9.37. The summed E-state index contributed by atoms with van der Waals surface area (Å²) in [7, 11) is 0. The second kappa shape index (κ2) is 5.67. The van der Waals surface area contributed by atoms with Gasteiger partial charge in [0.1, 0.15) is 5.82 Å². The second-order valence-electron chi connectivity index (χ2n) is 3.80. The van der Waals surface area contributed by atoms with Gasteiger partial charge in [-0.3, -0.25) is 4.79 Å². The summed E-state index contributed by atoms with van der Waals surface area (Å²) < 4.78 is 15.1. The highest BCUT2D eigenvalue weighted by atomic mass is 79.9. The monoisotopic (exact) mass is 329 g/mol. The molecule has 0 atom stereocenters. The van der Waals surface area contributed by atoms with Gasteiger partial charge in [0, 0.05) is 27.7 Å². The molecule has 0 aliphatic rings. The number of halogens is 3. The minimum absolute atomic E-state index is 0.130. The molecule has 0 radical (unpaired) electrons. The number of hydrogen-bond donors (Lipinski definition) is 0. The Labute approximate surface area is 117 Å². The van der Waals surface area contributed by atoms with Crippen LogP contribution >= 0.6 is 27.5 Å². The Morgan fingerprint density at radius 3 is 2.72 bits per heavy atom. The van der Waals surface area contributed by atoms with Crippen molar-refractivity contribution in [2.24, 2.45) is 0 Å². The predicted octanol–water partition coefficient (Wildman–Crippen LogP) is 3.58. The zero-order valence-corrected chi connectivity index (χ0v) is 11.7. The van der Waals surface area contributed by atoms with Crippen molar-refractivity contribution in [3.05, 3.63) is 68.8 Å². The molecule has 2 nitrogen and oxygen atoms in total. The predicted molar refractivity (Wildman–Crippen MR) is 73.8 cm³/mol. The minimum Gasteiger partial charge on any atom is -0.311 e. The van der Waals surface area contributed by atoms with E-state index in [1.165, 1.54) is 10.6 Å². The van der Waals surface area contributed by atoms with Crippen LogP contribution in [0.15, 0.2) is 41.3 Å². The van der Waals surface area contributed by atoms with E-state index >= 15 is 0 Å². The first-order valence-electron chi connectivity index (χ1n) is 5.30. The van der Waals surface area contributed by atoms with Crippen molar-refractivity contribution in [1.82, 2.24) is 4.57 Å². The molecule has 0 unspecified atom stereocenters. The molecule has 0 saturated carbocycles. The van der Waals surface area contributed by atoms with Gasteiger partial charge < -0.3 is 4.57 Å². The molecule has 0 aliphatic carbocycles. The Morgan fingerprint density at radius 1 is 1.28 bits per heavy atom. The normalized spacial score (nSPS) is 10.6. The topological polar surface area (TPSA) is 22.0 Å². The van der Waals surface area contributed by atoms with Crippen LogP contribution in [0.5, 0.6) is 0 Å². The Hall–Kier alpha value is -1.13. The molecule has 0 saturated heterocycles. The maximum Gasteiger partial charge on any atom is 0.254 e. The number of alkyl halides is 1. The fraction of sp³-hybridized carbons (Fsp3) is 0.154. The minimum atomic E-state index is -0.404. The fourth-order valence-corrected chi connectivity index (χ4v) is 2.32. The molecule has 1 aromatic heterocycles. The van der Waals surface area contributed by atoms with Gasteiger partial charge in [-0.15, -0.1) is 0 Å². The fourth-order valence-electron chi connectivity index (χ4n) is 1.67. The summed E-state index contributed by atoms with van der Waals surface area (Å²) >= 11 is 9.18. The van der Waals surface area contributed by atoms with E-state index in [9.17, 15) is 9.18 Å². The van der Waals surface area contributed by atoms with Gasteiger partial charge in [0.05, 0.1) is 6.54 Å². The molecule has 5 heteroatoms. The third kappa shape index (κ3) is 2.65. The summed E-state index contributed by atoms with van der Waals surface area (Å²) in [5.41, 5.74) is 0.812. The first-order chi connectivity index (χ1) is 8.63. The number of pyridine rings is 1. The van der Waals surface area contributed by atoms with Crippen molar-refractivity contribution in [2.45, 2.75) is 11.9 Å². The van der Waals surface area contributed by atoms with Crippen LogP contribution in [0.1, 0.15) is 11.1 Å². The van der Waals surface area contributed by atoms with Gasteiger partial charge in [-0.1, -0.05) is 39.7 Å². The molecule has 94 valence electrons. The molecule has 1 aromatic carbocycles. The van der Waals surface area contributed by atoms with Crippen molar-refractivity contribution in [2.75, 3.05) is 0 Å². The Kier molecular flexibility index (Phi) is 4.19. The molecule has 2 aromatic rings. The third-order valence-electron chi connectivity index (χ3n) is 2.63. The van der Waals surface area contributed by atoms with Crippen molar-refractivity contribution in [3.8, 4) is 0 Å². The van der Waals surface area contributed by atoms with Gasteiger partial charge in [0.25, 0.3) is 5.56 Å². The van der Waals surface area contributed by atoms with Crippen molar-refractivity contribution in [1.29, 1.82) is 0 Å². The zero-order chi connectivity index (χ0) is 13.1. The lowest BCUT2D eigenvalue weighted by atomic mass is 10.2. The van der Waals surface area contributed by atoms with Crippen LogP contribution in [0, 0.1) is 5.82 Å². The average molecular weight is 331 g/mol. The SMILES string of the molecule is O=c1c(CBr)cccn1Cc1c(F)cccc1Cl. The van der Waals surface area contributed by atoms with Gasteiger partial charge in [-0.25, -0.2) is 4.39 Å². The largest absolute Gasteiger partial charge is 0.311 e. The van der Waals surface area contributed by atoms with Crippen LogP contribution < -0.4 is 5.56 Å². The van der Waals surface area contributed by atoms with Gasteiger partial charge in [0.2, 0.25) is 0 Å². The quantitative estimate of drug-likeness (QED) is 0.788. The van der Waals surface area contributed by atoms with E-state index in [2.05, 4.69) is 15.9 Å². The van der Waals surface area contributed by atoms with Gasteiger partial charge in [-0.05, 0) is 18.2 Å². The number of aromatic nitrogens is 1. The highest BCUT2D eigenvalue weighted by molar-refractivity contribution is 9.08. The first-order valence-corrected chi connectivity index (χ1v) is 6.80. The molecule has 0 amide bonds. The molecule has 2 rings (SSSR count). The lowest BCUT2D eigenvalue weighted by Crippen LogP contribution is -2.23. The van der Waals surface area contributed by atoms with E-state index in [4.69, 9.17) is 11.6 Å². The van der Waals surface area contributed by atoms with E-state index in [1.54, 1.807) is 30.5 Å². The van der Waals surface area contributed by atoms with Crippen molar-refractivity contribution >= 4 is 27.5 Å². The molecule has 0 bridgehead atoms.